The molecule has 2 N–H and O–H groups in total. The smallest absolute Gasteiger partial charge is 0.0458 e. The molecule has 0 spiro atoms. The van der Waals surface area contributed by atoms with Crippen LogP contribution in [0, 0.1) is 0 Å². The van der Waals surface area contributed by atoms with Gasteiger partial charge in [-0.15, -0.1) is 0 Å². The summed E-state index contributed by atoms with van der Waals surface area (Å²) < 4.78 is 2.08. The molecule has 4 heteroatoms. The lowest BCUT2D eigenvalue weighted by molar-refractivity contribution is 0.319. The van der Waals surface area contributed by atoms with E-state index in [9.17, 15) is 0 Å². The first-order valence-corrected chi connectivity index (χ1v) is 7.60. The molecule has 0 atom stereocenters. The summed E-state index contributed by atoms with van der Waals surface area (Å²) in [5.74, 6) is 0. The molecule has 0 bridgehead atoms. The molecule has 0 aliphatic carbocycles. The molecule has 0 unspecified atom stereocenters. The Kier molecular flexibility index (Phi) is 5.02. The van der Waals surface area contributed by atoms with Crippen molar-refractivity contribution in [3.05, 3.63) is 62.5 Å². The van der Waals surface area contributed by atoms with E-state index in [1.165, 1.54) is 11.1 Å². The number of rotatable bonds is 4. The lowest BCUT2D eigenvalue weighted by Crippen LogP contribution is -2.17. The fourth-order valence-corrected chi connectivity index (χ4v) is 2.86. The van der Waals surface area contributed by atoms with Gasteiger partial charge in [-0.2, -0.15) is 0 Å². The standard InChI is InChI=1S/C15H16Br2N2/c1-19(9-11-3-2-4-13(16)7-11)10-12-5-6-15(18)14(17)8-12/h2-8H,9-10,18H2,1H3. The number of benzene rings is 2. The quantitative estimate of drug-likeness (QED) is 0.791. The van der Waals surface area contributed by atoms with E-state index in [2.05, 4.69) is 74.1 Å². The molecule has 19 heavy (non-hydrogen) atoms. The Hall–Kier alpha value is -0.840. The summed E-state index contributed by atoms with van der Waals surface area (Å²) in [6.07, 6.45) is 0. The van der Waals surface area contributed by atoms with Gasteiger partial charge in [-0.25, -0.2) is 0 Å². The van der Waals surface area contributed by atoms with E-state index >= 15 is 0 Å². The summed E-state index contributed by atoms with van der Waals surface area (Å²) in [4.78, 5) is 2.28. The van der Waals surface area contributed by atoms with Gasteiger partial charge in [0, 0.05) is 27.7 Å². The molecule has 2 aromatic rings. The molecule has 0 saturated heterocycles. The molecule has 2 aromatic carbocycles. The number of halogens is 2. The maximum absolute atomic E-state index is 5.79. The highest BCUT2D eigenvalue weighted by molar-refractivity contribution is 9.10. The van der Waals surface area contributed by atoms with Crippen LogP contribution in [0.15, 0.2) is 51.4 Å². The Morgan fingerprint density at radius 2 is 1.68 bits per heavy atom. The molecule has 0 aliphatic heterocycles. The molecule has 100 valence electrons. The van der Waals surface area contributed by atoms with Crippen LogP contribution in [0.2, 0.25) is 0 Å². The van der Waals surface area contributed by atoms with Crippen molar-refractivity contribution in [2.24, 2.45) is 0 Å². The largest absolute Gasteiger partial charge is 0.398 e. The second kappa shape index (κ2) is 6.55. The molecule has 0 fully saturated rings. The summed E-state index contributed by atoms with van der Waals surface area (Å²) >= 11 is 6.96. The lowest BCUT2D eigenvalue weighted by atomic mass is 10.1. The molecule has 2 rings (SSSR count). The first-order valence-electron chi connectivity index (χ1n) is 6.01. The van der Waals surface area contributed by atoms with Gasteiger partial charge in [-0.3, -0.25) is 4.90 Å². The summed E-state index contributed by atoms with van der Waals surface area (Å²) in [5, 5.41) is 0. The molecule has 2 nitrogen and oxygen atoms in total. The monoisotopic (exact) mass is 382 g/mol. The maximum Gasteiger partial charge on any atom is 0.0458 e. The summed E-state index contributed by atoms with van der Waals surface area (Å²) in [5.41, 5.74) is 9.12. The summed E-state index contributed by atoms with van der Waals surface area (Å²) in [6, 6.07) is 14.5. The van der Waals surface area contributed by atoms with Crippen LogP contribution >= 0.6 is 31.9 Å². The maximum atomic E-state index is 5.79. The van der Waals surface area contributed by atoms with Crippen LogP contribution in [-0.2, 0) is 13.1 Å². The van der Waals surface area contributed by atoms with Gasteiger partial charge in [-0.05, 0) is 58.4 Å². The Morgan fingerprint density at radius 1 is 1.00 bits per heavy atom. The lowest BCUT2D eigenvalue weighted by Gasteiger charge is -2.17. The first-order chi connectivity index (χ1) is 9.04. The van der Waals surface area contributed by atoms with E-state index in [4.69, 9.17) is 5.73 Å². The minimum Gasteiger partial charge on any atom is -0.398 e. The summed E-state index contributed by atoms with van der Waals surface area (Å²) in [7, 11) is 2.12. The normalized spacial score (nSPS) is 10.9. The van der Waals surface area contributed by atoms with E-state index in [-0.39, 0.29) is 0 Å². The van der Waals surface area contributed by atoms with Crippen molar-refractivity contribution in [1.82, 2.24) is 4.90 Å². The second-order valence-electron chi connectivity index (χ2n) is 4.66. The zero-order valence-corrected chi connectivity index (χ0v) is 13.9. The van der Waals surface area contributed by atoms with Crippen molar-refractivity contribution in [2.75, 3.05) is 12.8 Å². The van der Waals surface area contributed by atoms with Crippen LogP contribution in [-0.4, -0.2) is 11.9 Å². The highest BCUT2D eigenvalue weighted by Gasteiger charge is 2.04. The predicted molar refractivity (Wildman–Crippen MR) is 87.9 cm³/mol. The minimum atomic E-state index is 0.776. The van der Waals surface area contributed by atoms with Crippen molar-refractivity contribution in [3.8, 4) is 0 Å². The molecule has 0 saturated carbocycles. The Bertz CT molecular complexity index is 570. The molecule has 0 aliphatic rings. The number of hydrogen-bond donors (Lipinski definition) is 1. The third-order valence-corrected chi connectivity index (χ3v) is 4.04. The zero-order valence-electron chi connectivity index (χ0n) is 10.7. The minimum absolute atomic E-state index is 0.776. The molecular formula is C15H16Br2N2. The SMILES string of the molecule is CN(Cc1cccc(Br)c1)Cc1ccc(N)c(Br)c1. The third-order valence-electron chi connectivity index (χ3n) is 2.86. The topological polar surface area (TPSA) is 29.3 Å². The number of anilines is 1. The van der Waals surface area contributed by atoms with Gasteiger partial charge in [0.2, 0.25) is 0 Å². The van der Waals surface area contributed by atoms with Crippen molar-refractivity contribution >= 4 is 37.5 Å². The van der Waals surface area contributed by atoms with Crippen molar-refractivity contribution in [3.63, 3.8) is 0 Å². The predicted octanol–water partition coefficient (Wildman–Crippen LogP) is 4.43. The molecule has 0 heterocycles. The average Bonchev–Trinajstić information content (AvgIpc) is 2.34. The van der Waals surface area contributed by atoms with Crippen LogP contribution < -0.4 is 5.73 Å². The number of nitrogen functional groups attached to an aromatic ring is 1. The number of nitrogens with two attached hydrogens (primary N) is 1. The number of hydrogen-bond acceptors (Lipinski definition) is 2. The third kappa shape index (κ3) is 4.34. The molecular weight excluding hydrogens is 368 g/mol. The second-order valence-corrected chi connectivity index (χ2v) is 6.43. The van der Waals surface area contributed by atoms with Crippen molar-refractivity contribution in [2.45, 2.75) is 13.1 Å². The fraction of sp³-hybridized carbons (Fsp3) is 0.200. The van der Waals surface area contributed by atoms with Crippen molar-refractivity contribution < 1.29 is 0 Å². The fourth-order valence-electron chi connectivity index (χ4n) is 1.98. The van der Waals surface area contributed by atoms with Gasteiger partial charge in [0.05, 0.1) is 0 Å². The van der Waals surface area contributed by atoms with Crippen LogP contribution in [0.1, 0.15) is 11.1 Å². The van der Waals surface area contributed by atoms with E-state index in [0.29, 0.717) is 0 Å². The van der Waals surface area contributed by atoms with Gasteiger partial charge in [0.25, 0.3) is 0 Å². The Labute approximate surface area is 130 Å². The highest BCUT2D eigenvalue weighted by Crippen LogP contribution is 2.21. The van der Waals surface area contributed by atoms with Crippen LogP contribution in [0.3, 0.4) is 0 Å². The highest BCUT2D eigenvalue weighted by atomic mass is 79.9. The first kappa shape index (κ1) is 14.6. The van der Waals surface area contributed by atoms with Gasteiger partial charge in [0.15, 0.2) is 0 Å². The summed E-state index contributed by atoms with van der Waals surface area (Å²) in [6.45, 7) is 1.81. The molecule has 0 radical (unpaired) electrons. The van der Waals surface area contributed by atoms with Crippen LogP contribution in [0.5, 0.6) is 0 Å². The van der Waals surface area contributed by atoms with Crippen LogP contribution in [0.25, 0.3) is 0 Å². The van der Waals surface area contributed by atoms with E-state index in [1.807, 2.05) is 12.1 Å². The van der Waals surface area contributed by atoms with Crippen molar-refractivity contribution in [1.29, 1.82) is 0 Å². The van der Waals surface area contributed by atoms with E-state index < -0.39 is 0 Å². The Balaban J connectivity index is 2.01. The number of nitrogens with zero attached hydrogens (tertiary/aromatic N) is 1. The zero-order chi connectivity index (χ0) is 13.8. The van der Waals surface area contributed by atoms with E-state index in [1.54, 1.807) is 0 Å². The van der Waals surface area contributed by atoms with E-state index in [0.717, 1.165) is 27.7 Å². The molecule has 0 amide bonds. The van der Waals surface area contributed by atoms with Crippen LogP contribution in [0.4, 0.5) is 5.69 Å². The Morgan fingerprint density at radius 3 is 2.32 bits per heavy atom. The van der Waals surface area contributed by atoms with Gasteiger partial charge < -0.3 is 5.73 Å². The molecule has 0 aromatic heterocycles. The van der Waals surface area contributed by atoms with Gasteiger partial charge in [0.1, 0.15) is 0 Å². The average molecular weight is 384 g/mol. The van der Waals surface area contributed by atoms with Gasteiger partial charge >= 0.3 is 0 Å². The van der Waals surface area contributed by atoms with Gasteiger partial charge in [-0.1, -0.05) is 34.1 Å².